The van der Waals surface area contributed by atoms with E-state index in [2.05, 4.69) is 127 Å². The van der Waals surface area contributed by atoms with Gasteiger partial charge >= 0.3 is 0 Å². The summed E-state index contributed by atoms with van der Waals surface area (Å²) >= 11 is 1.84. The number of nitrogens with zero attached hydrogens (tertiary/aromatic N) is 2. The molecule has 1 aliphatic heterocycles. The molecular formula is C36H31N2S+. The Labute approximate surface area is 233 Å². The van der Waals surface area contributed by atoms with Crippen LogP contribution in [0.2, 0.25) is 0 Å². The minimum Gasteiger partial charge on any atom is -0.309 e. The van der Waals surface area contributed by atoms with E-state index < -0.39 is 0 Å². The van der Waals surface area contributed by atoms with E-state index in [0.29, 0.717) is 5.92 Å². The predicted molar refractivity (Wildman–Crippen MR) is 165 cm³/mol. The van der Waals surface area contributed by atoms with Gasteiger partial charge in [-0.2, -0.15) is 4.57 Å². The minimum absolute atomic E-state index is 0.0532. The van der Waals surface area contributed by atoms with Crippen LogP contribution in [0.5, 0.6) is 0 Å². The molecule has 8 rings (SSSR count). The molecule has 0 spiro atoms. The molecule has 0 saturated heterocycles. The van der Waals surface area contributed by atoms with Gasteiger partial charge in [-0.05, 0) is 58.1 Å². The monoisotopic (exact) mass is 523 g/mol. The Kier molecular flexibility index (Phi) is 4.73. The largest absolute Gasteiger partial charge is 0.309 e. The number of hydrogen-bond donors (Lipinski definition) is 0. The van der Waals surface area contributed by atoms with Crippen molar-refractivity contribution >= 4 is 38.7 Å². The normalized spacial score (nSPS) is 16.8. The zero-order valence-corrected chi connectivity index (χ0v) is 23.5. The van der Waals surface area contributed by atoms with Gasteiger partial charge < -0.3 is 4.57 Å². The lowest BCUT2D eigenvalue weighted by atomic mass is 9.77. The quantitative estimate of drug-likeness (QED) is 0.204. The maximum absolute atomic E-state index is 4.67. The van der Waals surface area contributed by atoms with Gasteiger partial charge in [0.1, 0.15) is 0 Å². The van der Waals surface area contributed by atoms with Gasteiger partial charge in [-0.1, -0.05) is 87.2 Å². The van der Waals surface area contributed by atoms with Crippen molar-refractivity contribution < 1.29 is 4.57 Å². The summed E-state index contributed by atoms with van der Waals surface area (Å²) in [5.41, 5.74) is 13.1. The van der Waals surface area contributed by atoms with Gasteiger partial charge in [0.2, 0.25) is 0 Å². The smallest absolute Gasteiger partial charge is 0.270 e. The van der Waals surface area contributed by atoms with Crippen molar-refractivity contribution in [2.45, 2.75) is 45.1 Å². The van der Waals surface area contributed by atoms with E-state index in [1.54, 1.807) is 0 Å². The fourth-order valence-corrected chi connectivity index (χ4v) is 8.48. The fourth-order valence-electron chi connectivity index (χ4n) is 7.52. The van der Waals surface area contributed by atoms with Crippen LogP contribution in [-0.2, 0) is 5.54 Å². The maximum Gasteiger partial charge on any atom is 0.270 e. The molecule has 2 aliphatic rings. The Hall–Kier alpha value is -3.95. The second kappa shape index (κ2) is 8.03. The molecule has 3 heteroatoms. The molecule has 6 aromatic rings. The predicted octanol–water partition coefficient (Wildman–Crippen LogP) is 9.47. The molecule has 0 saturated carbocycles. The molecular weight excluding hydrogens is 492 g/mol. The van der Waals surface area contributed by atoms with Gasteiger partial charge in [0.15, 0.2) is 11.7 Å². The highest BCUT2D eigenvalue weighted by atomic mass is 32.1. The van der Waals surface area contributed by atoms with Crippen molar-refractivity contribution in [3.8, 4) is 27.4 Å². The van der Waals surface area contributed by atoms with Crippen LogP contribution in [-0.4, -0.2) is 4.57 Å². The first-order valence-electron chi connectivity index (χ1n) is 14.1. The van der Waals surface area contributed by atoms with Crippen molar-refractivity contribution in [3.05, 3.63) is 114 Å². The highest BCUT2D eigenvalue weighted by Gasteiger charge is 2.47. The van der Waals surface area contributed by atoms with Crippen LogP contribution < -0.4 is 4.57 Å². The van der Waals surface area contributed by atoms with Gasteiger partial charge in [-0.25, -0.2) is 0 Å². The van der Waals surface area contributed by atoms with Crippen molar-refractivity contribution in [2.24, 2.45) is 0 Å². The zero-order valence-electron chi connectivity index (χ0n) is 22.7. The summed E-state index contributed by atoms with van der Waals surface area (Å²) in [7, 11) is 0. The first-order chi connectivity index (χ1) is 19.1. The summed E-state index contributed by atoms with van der Waals surface area (Å²) in [5, 5.41) is 6.18. The number of hydrogen-bond acceptors (Lipinski definition) is 1. The number of aromatic nitrogens is 2. The van der Waals surface area contributed by atoms with Crippen LogP contribution in [0.1, 0.15) is 56.2 Å². The van der Waals surface area contributed by atoms with E-state index >= 15 is 0 Å². The average Bonchev–Trinajstić information content (AvgIpc) is 3.67. The summed E-state index contributed by atoms with van der Waals surface area (Å²) in [5.74, 6) is 0.389. The van der Waals surface area contributed by atoms with E-state index in [4.69, 9.17) is 0 Å². The van der Waals surface area contributed by atoms with Crippen molar-refractivity contribution in [2.75, 3.05) is 0 Å². The van der Waals surface area contributed by atoms with E-state index in [1.165, 1.54) is 71.5 Å². The van der Waals surface area contributed by atoms with Gasteiger partial charge in [-0.3, -0.25) is 0 Å². The number of para-hydroxylation sites is 1. The summed E-state index contributed by atoms with van der Waals surface area (Å²) in [6.45, 7) is 11.6. The summed E-state index contributed by atoms with van der Waals surface area (Å²) in [4.78, 5) is 0. The number of fused-ring (bicyclic) bond motifs is 9. The topological polar surface area (TPSA) is 8.81 Å². The van der Waals surface area contributed by atoms with Crippen molar-refractivity contribution in [1.29, 1.82) is 0 Å². The number of thiazole rings is 1. The van der Waals surface area contributed by atoms with Gasteiger partial charge in [-0.15, -0.1) is 0 Å². The van der Waals surface area contributed by atoms with E-state index in [9.17, 15) is 0 Å². The highest BCUT2D eigenvalue weighted by Crippen LogP contribution is 2.49. The van der Waals surface area contributed by atoms with Crippen LogP contribution >= 0.6 is 11.3 Å². The standard InChI is InChI=1S/C36H31N2S/c1-5-36(6-2)23(4)26-16-15-24(19-32(26)35-37(36)17-18-39-35)38-33-14-10-9-13-28(33)31-20-30-27-12-8-7-11-25(27)22(3)29(30)21-34(31)38/h7-22H,4-6H2,1-3H3/q+1. The minimum atomic E-state index is -0.0532. The Bertz CT molecular complexity index is 1980. The van der Waals surface area contributed by atoms with E-state index in [-0.39, 0.29) is 5.54 Å². The summed E-state index contributed by atoms with van der Waals surface area (Å²) in [6.07, 6.45) is 4.34. The number of benzene rings is 4. The SMILES string of the molecule is C=C1c2ccc(-n3c4ccccc4c4cc5c(cc43)C(C)c3ccccc3-5)cc2-c2scc[n+]2C1(CC)CC. The van der Waals surface area contributed by atoms with Crippen LogP contribution in [0.25, 0.3) is 54.8 Å². The van der Waals surface area contributed by atoms with Crippen LogP contribution in [0.4, 0.5) is 0 Å². The molecule has 0 bridgehead atoms. The average molecular weight is 524 g/mol. The lowest BCUT2D eigenvalue weighted by molar-refractivity contribution is -0.737. The fraction of sp³-hybridized carbons (Fsp3) is 0.194. The van der Waals surface area contributed by atoms with Crippen LogP contribution in [0, 0.1) is 0 Å². The first-order valence-corrected chi connectivity index (χ1v) is 15.0. The Morgan fingerprint density at radius 3 is 2.44 bits per heavy atom. The molecule has 0 amide bonds. The van der Waals surface area contributed by atoms with Crippen LogP contribution in [0.3, 0.4) is 0 Å². The molecule has 1 unspecified atom stereocenters. The van der Waals surface area contributed by atoms with Crippen molar-refractivity contribution in [3.63, 3.8) is 0 Å². The maximum atomic E-state index is 4.67. The second-order valence-corrected chi connectivity index (χ2v) is 12.0. The molecule has 190 valence electrons. The van der Waals surface area contributed by atoms with Gasteiger partial charge in [0, 0.05) is 40.8 Å². The molecule has 2 nitrogen and oxygen atoms in total. The third kappa shape index (κ3) is 2.84. The number of allylic oxidation sites excluding steroid dienone is 1. The lowest BCUT2D eigenvalue weighted by Gasteiger charge is -2.33. The molecule has 4 aromatic carbocycles. The Balaban J connectivity index is 1.40. The van der Waals surface area contributed by atoms with E-state index in [1.807, 2.05) is 11.3 Å². The third-order valence-electron chi connectivity index (χ3n) is 9.65. The molecule has 1 aliphatic carbocycles. The molecule has 2 aromatic heterocycles. The zero-order chi connectivity index (χ0) is 26.5. The molecule has 0 N–H and O–H groups in total. The highest BCUT2D eigenvalue weighted by molar-refractivity contribution is 7.12. The van der Waals surface area contributed by atoms with E-state index in [0.717, 1.165) is 12.8 Å². The lowest BCUT2D eigenvalue weighted by Crippen LogP contribution is -2.57. The second-order valence-electron chi connectivity index (χ2n) is 11.1. The molecule has 39 heavy (non-hydrogen) atoms. The Morgan fingerprint density at radius 1 is 0.795 bits per heavy atom. The molecule has 0 radical (unpaired) electrons. The van der Waals surface area contributed by atoms with Gasteiger partial charge in [0.25, 0.3) is 5.01 Å². The third-order valence-corrected chi connectivity index (χ3v) is 10.5. The molecule has 0 fully saturated rings. The van der Waals surface area contributed by atoms with Crippen molar-refractivity contribution in [1.82, 2.24) is 4.57 Å². The first kappa shape index (κ1) is 23.0. The summed E-state index contributed by atoms with van der Waals surface area (Å²) < 4.78 is 4.97. The van der Waals surface area contributed by atoms with Gasteiger partial charge in [0.05, 0.1) is 22.0 Å². The molecule has 1 atom stereocenters. The number of rotatable bonds is 3. The Morgan fingerprint density at radius 2 is 1.59 bits per heavy atom. The van der Waals surface area contributed by atoms with Crippen LogP contribution in [0.15, 0.2) is 97.0 Å². The summed E-state index contributed by atoms with van der Waals surface area (Å²) in [6, 6.07) is 29.7. The molecule has 3 heterocycles.